The minimum atomic E-state index is 0.398. The molecule has 0 rings (SSSR count). The number of rotatable bonds is 4. The molecule has 0 heterocycles. The Labute approximate surface area is 97.8 Å². The molecular weight excluding hydrogens is 182 g/mol. The molecule has 0 saturated carbocycles. The number of nitrogens with two attached hydrogens (primary N) is 1. The van der Waals surface area contributed by atoms with Crippen LogP contribution in [0.2, 0.25) is 0 Å². The molecule has 0 aliphatic rings. The fourth-order valence-electron chi connectivity index (χ4n) is 1.12. The fourth-order valence-corrected chi connectivity index (χ4v) is 1.12. The first-order valence-electron chi connectivity index (χ1n) is 6.41. The van der Waals surface area contributed by atoms with E-state index in [1.807, 2.05) is 6.92 Å². The summed E-state index contributed by atoms with van der Waals surface area (Å²) in [5.41, 5.74) is 5.90. The molecule has 0 amide bonds. The summed E-state index contributed by atoms with van der Waals surface area (Å²) in [4.78, 5) is 0. The van der Waals surface area contributed by atoms with Gasteiger partial charge in [0.15, 0.2) is 0 Å². The first-order chi connectivity index (χ1) is 6.66. The van der Waals surface area contributed by atoms with Gasteiger partial charge in [-0.1, -0.05) is 54.9 Å². The third-order valence-electron chi connectivity index (χ3n) is 3.72. The number of hydrogen-bond acceptors (Lipinski definition) is 1. The van der Waals surface area contributed by atoms with Crippen LogP contribution in [0.5, 0.6) is 0 Å². The lowest BCUT2D eigenvalue weighted by molar-refractivity contribution is 0.165. The third kappa shape index (κ3) is 8.92. The monoisotopic (exact) mass is 215 g/mol. The highest BCUT2D eigenvalue weighted by molar-refractivity contribution is 4.75. The molecule has 1 atom stereocenters. The molecule has 0 aromatic heterocycles. The van der Waals surface area contributed by atoms with Crippen LogP contribution in [0.25, 0.3) is 0 Å². The Bertz CT molecular complexity index is 124. The van der Waals surface area contributed by atoms with Crippen molar-refractivity contribution < 1.29 is 0 Å². The van der Waals surface area contributed by atoms with Gasteiger partial charge in [0.1, 0.15) is 0 Å². The van der Waals surface area contributed by atoms with Gasteiger partial charge in [-0.3, -0.25) is 0 Å². The Morgan fingerprint density at radius 3 is 1.27 bits per heavy atom. The van der Waals surface area contributed by atoms with E-state index in [-0.39, 0.29) is 0 Å². The van der Waals surface area contributed by atoms with Gasteiger partial charge in [-0.25, -0.2) is 0 Å². The van der Waals surface area contributed by atoms with Crippen LogP contribution in [0.15, 0.2) is 0 Å². The second kappa shape index (κ2) is 8.15. The van der Waals surface area contributed by atoms with E-state index in [4.69, 9.17) is 5.73 Å². The molecule has 0 saturated heterocycles. The molecule has 0 radical (unpaired) electrons. The summed E-state index contributed by atoms with van der Waals surface area (Å²) in [7, 11) is 0. The lowest BCUT2D eigenvalue weighted by Gasteiger charge is -2.33. The smallest absolute Gasteiger partial charge is 0.00103 e. The molecule has 1 unspecified atom stereocenters. The van der Waals surface area contributed by atoms with Crippen LogP contribution in [0.1, 0.15) is 68.2 Å². The van der Waals surface area contributed by atoms with Gasteiger partial charge in [-0.2, -0.15) is 0 Å². The van der Waals surface area contributed by atoms with Gasteiger partial charge in [-0.05, 0) is 30.6 Å². The molecule has 94 valence electrons. The third-order valence-corrected chi connectivity index (χ3v) is 3.72. The summed E-state index contributed by atoms with van der Waals surface area (Å²) >= 11 is 0. The van der Waals surface area contributed by atoms with Crippen molar-refractivity contribution in [3.63, 3.8) is 0 Å². The van der Waals surface area contributed by atoms with Crippen molar-refractivity contribution in [2.24, 2.45) is 23.0 Å². The maximum atomic E-state index is 5.40. The Balaban J connectivity index is 0. The maximum absolute atomic E-state index is 5.40. The summed E-state index contributed by atoms with van der Waals surface area (Å²) < 4.78 is 0. The van der Waals surface area contributed by atoms with Crippen molar-refractivity contribution in [3.05, 3.63) is 0 Å². The first-order valence-corrected chi connectivity index (χ1v) is 6.41. The minimum Gasteiger partial charge on any atom is -0.328 e. The van der Waals surface area contributed by atoms with E-state index in [1.165, 1.54) is 6.42 Å². The van der Waals surface area contributed by atoms with Crippen molar-refractivity contribution >= 4 is 0 Å². The first kappa shape index (κ1) is 17.4. The Hall–Kier alpha value is -0.0400. The standard InChI is InChI=1S/C9H20.C5H13N/c1-7(2)9(5,6)8(3)4;1-3-4-5(2)6/h7-8H,1-6H3;5H,3-4,6H2,1-2H3. The molecule has 2 N–H and O–H groups in total. The van der Waals surface area contributed by atoms with Crippen molar-refractivity contribution in [2.75, 3.05) is 0 Å². The zero-order valence-electron chi connectivity index (χ0n) is 12.2. The molecule has 15 heavy (non-hydrogen) atoms. The summed E-state index contributed by atoms with van der Waals surface area (Å²) in [6.45, 7) is 18.0. The van der Waals surface area contributed by atoms with Gasteiger partial charge in [-0.15, -0.1) is 0 Å². The molecule has 0 aliphatic heterocycles. The van der Waals surface area contributed by atoms with Gasteiger partial charge in [0.05, 0.1) is 0 Å². The Morgan fingerprint density at radius 1 is 0.933 bits per heavy atom. The van der Waals surface area contributed by atoms with Crippen LogP contribution in [0.3, 0.4) is 0 Å². The van der Waals surface area contributed by atoms with Crippen LogP contribution < -0.4 is 5.73 Å². The average Bonchev–Trinajstić information content (AvgIpc) is 2.04. The van der Waals surface area contributed by atoms with Crippen LogP contribution in [-0.4, -0.2) is 6.04 Å². The topological polar surface area (TPSA) is 26.0 Å². The summed E-state index contributed by atoms with van der Waals surface area (Å²) in [5.74, 6) is 1.58. The fraction of sp³-hybridized carbons (Fsp3) is 1.00. The quantitative estimate of drug-likeness (QED) is 0.736. The molecule has 1 heteroatoms. The zero-order chi connectivity index (χ0) is 12.6. The second-order valence-corrected chi connectivity index (χ2v) is 5.90. The molecule has 0 aromatic carbocycles. The van der Waals surface area contributed by atoms with E-state index in [0.29, 0.717) is 11.5 Å². The molecule has 1 nitrogen and oxygen atoms in total. The largest absolute Gasteiger partial charge is 0.328 e. The van der Waals surface area contributed by atoms with E-state index in [2.05, 4.69) is 48.5 Å². The van der Waals surface area contributed by atoms with Crippen LogP contribution >= 0.6 is 0 Å². The van der Waals surface area contributed by atoms with E-state index in [9.17, 15) is 0 Å². The molecule has 0 aliphatic carbocycles. The van der Waals surface area contributed by atoms with E-state index >= 15 is 0 Å². The van der Waals surface area contributed by atoms with Gasteiger partial charge in [0.2, 0.25) is 0 Å². The van der Waals surface area contributed by atoms with E-state index in [0.717, 1.165) is 18.3 Å². The van der Waals surface area contributed by atoms with Crippen LogP contribution in [0.4, 0.5) is 0 Å². The molecule has 0 spiro atoms. The summed E-state index contributed by atoms with van der Waals surface area (Å²) in [5, 5.41) is 0. The molecule has 0 aromatic rings. The van der Waals surface area contributed by atoms with E-state index in [1.54, 1.807) is 0 Å². The molecular formula is C14H33N. The van der Waals surface area contributed by atoms with Crippen LogP contribution in [0, 0.1) is 17.3 Å². The maximum Gasteiger partial charge on any atom is 0.00103 e. The van der Waals surface area contributed by atoms with Gasteiger partial charge in [0, 0.05) is 6.04 Å². The molecule has 0 bridgehead atoms. The normalized spacial score (nSPS) is 13.8. The van der Waals surface area contributed by atoms with Crippen molar-refractivity contribution in [1.29, 1.82) is 0 Å². The summed E-state index contributed by atoms with van der Waals surface area (Å²) in [6.07, 6.45) is 2.36. The SMILES string of the molecule is CC(C)C(C)(C)C(C)C.CCCC(C)N. The Kier molecular flexibility index (Phi) is 9.43. The zero-order valence-corrected chi connectivity index (χ0v) is 12.2. The average molecular weight is 215 g/mol. The predicted octanol–water partition coefficient (Wildman–Crippen LogP) is 4.46. The minimum absolute atomic E-state index is 0.398. The highest BCUT2D eigenvalue weighted by Crippen LogP contribution is 2.33. The van der Waals surface area contributed by atoms with Crippen molar-refractivity contribution in [2.45, 2.75) is 74.3 Å². The van der Waals surface area contributed by atoms with E-state index < -0.39 is 0 Å². The van der Waals surface area contributed by atoms with Crippen molar-refractivity contribution in [3.8, 4) is 0 Å². The van der Waals surface area contributed by atoms with Crippen LogP contribution in [-0.2, 0) is 0 Å². The van der Waals surface area contributed by atoms with Crippen molar-refractivity contribution in [1.82, 2.24) is 0 Å². The summed E-state index contributed by atoms with van der Waals surface area (Å²) in [6, 6.07) is 0.398. The van der Waals surface area contributed by atoms with Gasteiger partial charge in [0.25, 0.3) is 0 Å². The number of hydrogen-bond donors (Lipinski definition) is 1. The highest BCUT2D eigenvalue weighted by atomic mass is 14.6. The van der Waals surface area contributed by atoms with Gasteiger partial charge >= 0.3 is 0 Å². The Morgan fingerprint density at radius 2 is 1.27 bits per heavy atom. The van der Waals surface area contributed by atoms with Gasteiger partial charge < -0.3 is 5.73 Å². The lowest BCUT2D eigenvalue weighted by Crippen LogP contribution is -2.25. The second-order valence-electron chi connectivity index (χ2n) is 5.90. The molecule has 0 fully saturated rings. The predicted molar refractivity (Wildman–Crippen MR) is 72.0 cm³/mol. The highest BCUT2D eigenvalue weighted by Gasteiger charge is 2.25. The lowest BCUT2D eigenvalue weighted by atomic mass is 9.72.